The number of rotatable bonds is 3. The van der Waals surface area contributed by atoms with Crippen LogP contribution in [0.1, 0.15) is 17.0 Å². The molecule has 0 fully saturated rings. The van der Waals surface area contributed by atoms with Gasteiger partial charge >= 0.3 is 6.18 Å². The standard InChI is InChI=1S/C13H14F3N5/c1-7-3-8(2)5-9(4-7)18-10-6-11(21-17)20-12(19-10)13(14,15)16/h3-6H,17H2,1-2H3,(H2,18,19,20,21). The fourth-order valence-corrected chi connectivity index (χ4v) is 1.91. The third-order valence-electron chi connectivity index (χ3n) is 2.62. The molecule has 112 valence electrons. The molecule has 0 atom stereocenters. The van der Waals surface area contributed by atoms with Gasteiger partial charge in [0.2, 0.25) is 5.82 Å². The van der Waals surface area contributed by atoms with Gasteiger partial charge < -0.3 is 10.7 Å². The summed E-state index contributed by atoms with van der Waals surface area (Å²) in [5.74, 6) is 3.77. The first-order chi connectivity index (χ1) is 9.77. The lowest BCUT2D eigenvalue weighted by Gasteiger charge is -2.12. The maximum atomic E-state index is 12.7. The van der Waals surface area contributed by atoms with E-state index in [1.165, 1.54) is 6.07 Å². The number of hydrazine groups is 1. The van der Waals surface area contributed by atoms with Gasteiger partial charge in [0, 0.05) is 11.8 Å². The Morgan fingerprint density at radius 2 is 1.52 bits per heavy atom. The summed E-state index contributed by atoms with van der Waals surface area (Å²) in [5, 5.41) is 2.83. The number of halogens is 3. The lowest BCUT2D eigenvalue weighted by molar-refractivity contribution is -0.144. The van der Waals surface area contributed by atoms with Crippen LogP contribution in [-0.2, 0) is 6.18 Å². The van der Waals surface area contributed by atoms with Crippen LogP contribution >= 0.6 is 0 Å². The molecule has 0 aliphatic carbocycles. The smallest absolute Gasteiger partial charge is 0.340 e. The van der Waals surface area contributed by atoms with Crippen LogP contribution in [0.2, 0.25) is 0 Å². The number of nitrogens with one attached hydrogen (secondary N) is 2. The summed E-state index contributed by atoms with van der Waals surface area (Å²) in [7, 11) is 0. The highest BCUT2D eigenvalue weighted by molar-refractivity contribution is 5.60. The Morgan fingerprint density at radius 3 is 2.05 bits per heavy atom. The lowest BCUT2D eigenvalue weighted by atomic mass is 10.1. The summed E-state index contributed by atoms with van der Waals surface area (Å²) in [4.78, 5) is 6.75. The molecule has 21 heavy (non-hydrogen) atoms. The third-order valence-corrected chi connectivity index (χ3v) is 2.62. The Kier molecular flexibility index (Phi) is 3.99. The van der Waals surface area contributed by atoms with E-state index in [0.29, 0.717) is 5.69 Å². The zero-order valence-corrected chi connectivity index (χ0v) is 11.4. The van der Waals surface area contributed by atoms with Crippen molar-refractivity contribution in [2.24, 2.45) is 5.84 Å². The number of aromatic nitrogens is 2. The van der Waals surface area contributed by atoms with Crippen molar-refractivity contribution in [1.82, 2.24) is 9.97 Å². The Balaban J connectivity index is 2.39. The van der Waals surface area contributed by atoms with Crippen LogP contribution in [0, 0.1) is 13.8 Å². The van der Waals surface area contributed by atoms with E-state index in [1.54, 1.807) is 12.1 Å². The fourth-order valence-electron chi connectivity index (χ4n) is 1.91. The number of nitrogens with two attached hydrogens (primary N) is 1. The molecule has 0 spiro atoms. The van der Waals surface area contributed by atoms with E-state index in [1.807, 2.05) is 19.9 Å². The monoisotopic (exact) mass is 297 g/mol. The molecule has 1 aromatic heterocycles. The molecule has 8 heteroatoms. The molecule has 0 aliphatic rings. The van der Waals surface area contributed by atoms with Gasteiger partial charge in [0.25, 0.3) is 0 Å². The zero-order chi connectivity index (χ0) is 15.6. The van der Waals surface area contributed by atoms with Crippen molar-refractivity contribution in [2.75, 3.05) is 10.7 Å². The topological polar surface area (TPSA) is 75.9 Å². The molecule has 0 saturated heterocycles. The largest absolute Gasteiger partial charge is 0.451 e. The summed E-state index contributed by atoms with van der Waals surface area (Å²) in [6, 6.07) is 6.86. The Labute approximate surface area is 119 Å². The molecule has 1 aromatic carbocycles. The van der Waals surface area contributed by atoms with Crippen molar-refractivity contribution in [3.05, 3.63) is 41.2 Å². The molecular weight excluding hydrogens is 283 g/mol. The van der Waals surface area contributed by atoms with Gasteiger partial charge in [0.05, 0.1) is 0 Å². The van der Waals surface area contributed by atoms with Gasteiger partial charge in [-0.25, -0.2) is 15.8 Å². The minimum absolute atomic E-state index is 0.00951. The number of nitrogens with zero attached hydrogens (tertiary/aromatic N) is 2. The van der Waals surface area contributed by atoms with Gasteiger partial charge in [-0.15, -0.1) is 0 Å². The number of aryl methyl sites for hydroxylation is 2. The number of benzene rings is 1. The number of hydrogen-bond donors (Lipinski definition) is 3. The highest BCUT2D eigenvalue weighted by Gasteiger charge is 2.35. The van der Waals surface area contributed by atoms with E-state index in [-0.39, 0.29) is 11.6 Å². The summed E-state index contributed by atoms with van der Waals surface area (Å²) in [6.45, 7) is 3.79. The van der Waals surface area contributed by atoms with Gasteiger partial charge in [-0.3, -0.25) is 0 Å². The van der Waals surface area contributed by atoms with Crippen LogP contribution in [-0.4, -0.2) is 9.97 Å². The van der Waals surface area contributed by atoms with Crippen LogP contribution in [0.25, 0.3) is 0 Å². The summed E-state index contributed by atoms with van der Waals surface area (Å²) in [6.07, 6.45) is -4.65. The Bertz CT molecular complexity index is 634. The van der Waals surface area contributed by atoms with E-state index in [0.717, 1.165) is 11.1 Å². The molecule has 2 aromatic rings. The minimum atomic E-state index is -4.65. The number of hydrogen-bond acceptors (Lipinski definition) is 5. The molecule has 5 nitrogen and oxygen atoms in total. The molecule has 2 rings (SSSR count). The van der Waals surface area contributed by atoms with E-state index in [2.05, 4.69) is 20.7 Å². The van der Waals surface area contributed by atoms with Crippen LogP contribution in [0.5, 0.6) is 0 Å². The molecule has 0 bridgehead atoms. The molecule has 0 amide bonds. The molecular formula is C13H14F3N5. The van der Waals surface area contributed by atoms with Crippen LogP contribution in [0.4, 0.5) is 30.5 Å². The van der Waals surface area contributed by atoms with Crippen molar-refractivity contribution in [1.29, 1.82) is 0 Å². The third kappa shape index (κ3) is 3.82. The Hall–Kier alpha value is -2.35. The average molecular weight is 297 g/mol. The maximum absolute atomic E-state index is 12.7. The van der Waals surface area contributed by atoms with Crippen LogP contribution in [0.15, 0.2) is 24.3 Å². The van der Waals surface area contributed by atoms with Crippen molar-refractivity contribution >= 4 is 17.3 Å². The number of nitrogen functional groups attached to an aromatic ring is 1. The summed E-state index contributed by atoms with van der Waals surface area (Å²) in [5.41, 5.74) is 4.71. The molecule has 0 saturated carbocycles. The van der Waals surface area contributed by atoms with E-state index >= 15 is 0 Å². The van der Waals surface area contributed by atoms with Crippen molar-refractivity contribution in [2.45, 2.75) is 20.0 Å². The first-order valence-corrected chi connectivity index (χ1v) is 6.06. The number of anilines is 3. The predicted octanol–water partition coefficient (Wildman–Crippen LogP) is 3.14. The van der Waals surface area contributed by atoms with Crippen molar-refractivity contribution in [3.63, 3.8) is 0 Å². The second-order valence-electron chi connectivity index (χ2n) is 4.61. The highest BCUT2D eigenvalue weighted by atomic mass is 19.4. The minimum Gasteiger partial charge on any atom is -0.340 e. The number of alkyl halides is 3. The SMILES string of the molecule is Cc1cc(C)cc(Nc2cc(NN)nc(C(F)(F)F)n2)c1. The molecule has 0 aliphatic heterocycles. The Morgan fingerprint density at radius 1 is 0.952 bits per heavy atom. The van der Waals surface area contributed by atoms with E-state index in [4.69, 9.17) is 5.84 Å². The van der Waals surface area contributed by atoms with Crippen LogP contribution < -0.4 is 16.6 Å². The molecule has 1 heterocycles. The van der Waals surface area contributed by atoms with E-state index < -0.39 is 12.0 Å². The van der Waals surface area contributed by atoms with Crippen molar-refractivity contribution < 1.29 is 13.2 Å². The summed E-state index contributed by atoms with van der Waals surface area (Å²) >= 11 is 0. The van der Waals surface area contributed by atoms with E-state index in [9.17, 15) is 13.2 Å². The second-order valence-corrected chi connectivity index (χ2v) is 4.61. The first-order valence-electron chi connectivity index (χ1n) is 6.06. The maximum Gasteiger partial charge on any atom is 0.451 e. The van der Waals surface area contributed by atoms with Gasteiger partial charge in [0.1, 0.15) is 11.6 Å². The normalized spacial score (nSPS) is 11.3. The predicted molar refractivity (Wildman–Crippen MR) is 74.0 cm³/mol. The first kappa shape index (κ1) is 15.0. The molecule has 4 N–H and O–H groups in total. The molecule has 0 radical (unpaired) electrons. The van der Waals surface area contributed by atoms with Gasteiger partial charge in [-0.2, -0.15) is 13.2 Å². The lowest BCUT2D eigenvalue weighted by Crippen LogP contribution is -2.16. The fraction of sp³-hybridized carbons (Fsp3) is 0.231. The quantitative estimate of drug-likeness (QED) is 0.599. The van der Waals surface area contributed by atoms with Gasteiger partial charge in [-0.1, -0.05) is 6.07 Å². The molecule has 0 unspecified atom stereocenters. The zero-order valence-electron chi connectivity index (χ0n) is 11.4. The van der Waals surface area contributed by atoms with Crippen LogP contribution in [0.3, 0.4) is 0 Å². The van der Waals surface area contributed by atoms with Gasteiger partial charge in [0.15, 0.2) is 0 Å². The van der Waals surface area contributed by atoms with Crippen molar-refractivity contribution in [3.8, 4) is 0 Å². The second kappa shape index (κ2) is 5.57. The van der Waals surface area contributed by atoms with Gasteiger partial charge in [-0.05, 0) is 37.1 Å². The average Bonchev–Trinajstić information content (AvgIpc) is 2.36. The highest BCUT2D eigenvalue weighted by Crippen LogP contribution is 2.29. The summed E-state index contributed by atoms with van der Waals surface area (Å²) < 4.78 is 38.2.